The Bertz CT molecular complexity index is 3680. The smallest absolute Gasteiger partial charge is 0.326 e. The number of guanidine groups is 2. The molecule has 43 heteroatoms. The standard InChI is InChI=1S/C92H176N26O17/c1-51(2)41-66(104-75(119)50-97)81(125)114-74(49-59(17)18)89(133)118-70(45-55(9)10)85(129)109-64(34-28-40-103-92(100)101)80(124)112-72(47-57(13)14)87(131)115-67(42-52(3)4)82(126)106-60(29-19-23-35-93)76(120)105-62(31-21-25-37-95)78(122)111-71(46-56(11)12)86(130)117-69(44-54(7)8)84(128)108-63(33-27-39-102-91(98)99)79(123)113-73(48-58(15)16)88(132)116-68(43-53(5)6)83(127)107-61(30-20-24-36-94)77(121)110-65(90(134)135)32-22-26-38-96/h51-74H,19-50,93-97H2,1-18H3,(H,104,119)(H,105,120)(H,106,126)(H,107,127)(H,108,128)(H,109,129)(H,110,121)(H,111,122)(H,112,124)(H,113,123)(H,114,125)(H,115,131)(H,116,132)(H,117,130)(H,118,133)(H,134,135)(H4,98,99,102)(H4,100,101,103)/t60-,61+,62-,63+,64+,65+,66+,67+,68+,69+,70+,71+,72-,73-,74-/m1/s1. The Morgan fingerprint density at radius 2 is 0.348 bits per heavy atom. The number of carbonyl (C=O) groups excluding carboxylic acids is 15. The third-order valence-corrected chi connectivity index (χ3v) is 21.7. The summed E-state index contributed by atoms with van der Waals surface area (Å²) in [7, 11) is 0. The number of nitrogens with two attached hydrogens (primary N) is 9. The molecule has 0 aromatic carbocycles. The van der Waals surface area contributed by atoms with Crippen molar-refractivity contribution in [1.29, 1.82) is 0 Å². The maximum atomic E-state index is 15.0. The summed E-state index contributed by atoms with van der Waals surface area (Å²) in [5, 5.41) is 51.5. The highest BCUT2D eigenvalue weighted by molar-refractivity contribution is 6.01. The largest absolute Gasteiger partial charge is 0.480 e. The van der Waals surface area contributed by atoms with Crippen molar-refractivity contribution in [2.75, 3.05) is 45.8 Å². The van der Waals surface area contributed by atoms with Gasteiger partial charge >= 0.3 is 5.97 Å². The molecule has 43 nitrogen and oxygen atoms in total. The number of amides is 15. The van der Waals surface area contributed by atoms with E-state index in [1.807, 2.05) is 55.4 Å². The topological polar surface area (TPSA) is 733 Å². The zero-order valence-corrected chi connectivity index (χ0v) is 84.1. The van der Waals surface area contributed by atoms with Gasteiger partial charge in [-0.2, -0.15) is 0 Å². The molecule has 0 spiro atoms. The van der Waals surface area contributed by atoms with Gasteiger partial charge in [-0.25, -0.2) is 4.79 Å². The number of unbranched alkanes of at least 4 members (excludes halogenated alkanes) is 4. The zero-order valence-electron chi connectivity index (χ0n) is 84.1. The van der Waals surface area contributed by atoms with Gasteiger partial charge in [0.2, 0.25) is 88.6 Å². The van der Waals surface area contributed by atoms with Crippen LogP contribution in [-0.4, -0.2) is 248 Å². The average Bonchev–Trinajstić information content (AvgIpc) is 0.852. The molecule has 0 radical (unpaired) electrons. The van der Waals surface area contributed by atoms with E-state index >= 15 is 0 Å². The van der Waals surface area contributed by atoms with Crippen molar-refractivity contribution < 1.29 is 81.8 Å². The van der Waals surface area contributed by atoms with E-state index in [0.717, 1.165) is 0 Å². The minimum atomic E-state index is -1.41. The van der Waals surface area contributed by atoms with Gasteiger partial charge in [0.25, 0.3) is 0 Å². The van der Waals surface area contributed by atoms with Crippen LogP contribution in [0, 0.1) is 53.3 Å². The van der Waals surface area contributed by atoms with Crippen LogP contribution in [0.15, 0.2) is 9.98 Å². The molecular formula is C92H176N26O17. The summed E-state index contributed by atoms with van der Waals surface area (Å²) < 4.78 is 0. The van der Waals surface area contributed by atoms with Gasteiger partial charge in [0.05, 0.1) is 6.54 Å². The van der Waals surface area contributed by atoms with E-state index in [2.05, 4.69) is 89.7 Å². The van der Waals surface area contributed by atoms with Crippen molar-refractivity contribution in [3.05, 3.63) is 0 Å². The summed E-state index contributed by atoms with van der Waals surface area (Å²) in [5.74, 6) is -15.1. The summed E-state index contributed by atoms with van der Waals surface area (Å²) >= 11 is 0. The molecule has 0 aliphatic heterocycles. The molecule has 0 aromatic heterocycles. The van der Waals surface area contributed by atoms with Crippen LogP contribution in [-0.2, 0) is 76.7 Å². The Balaban J connectivity index is 7.65. The molecule has 776 valence electrons. The van der Waals surface area contributed by atoms with E-state index in [9.17, 15) is 81.8 Å². The highest BCUT2D eigenvalue weighted by atomic mass is 16.4. The molecule has 0 aromatic rings. The van der Waals surface area contributed by atoms with Crippen molar-refractivity contribution in [3.8, 4) is 0 Å². The van der Waals surface area contributed by atoms with Crippen molar-refractivity contribution in [2.45, 2.75) is 376 Å². The highest BCUT2D eigenvalue weighted by Gasteiger charge is 2.40. The van der Waals surface area contributed by atoms with E-state index in [4.69, 9.17) is 51.6 Å². The van der Waals surface area contributed by atoms with Crippen LogP contribution in [0.5, 0.6) is 0 Å². The van der Waals surface area contributed by atoms with Gasteiger partial charge in [-0.15, -0.1) is 0 Å². The second kappa shape index (κ2) is 68.8. The Kier molecular flexibility index (Phi) is 63.6. The minimum Gasteiger partial charge on any atom is -0.480 e. The summed E-state index contributed by atoms with van der Waals surface area (Å²) in [5.41, 5.74) is 51.6. The molecule has 135 heavy (non-hydrogen) atoms. The molecule has 15 atom stereocenters. The van der Waals surface area contributed by atoms with Crippen LogP contribution in [0.1, 0.15) is 285 Å². The molecule has 0 bridgehead atoms. The monoisotopic (exact) mass is 1920 g/mol. The molecule has 0 fully saturated rings. The molecule has 0 aliphatic rings. The van der Waals surface area contributed by atoms with Crippen molar-refractivity contribution in [2.24, 2.45) is 115 Å². The maximum Gasteiger partial charge on any atom is 0.326 e. The lowest BCUT2D eigenvalue weighted by atomic mass is 9.98. The number of hydrogen-bond acceptors (Lipinski definition) is 23. The molecule has 0 aliphatic carbocycles. The maximum absolute atomic E-state index is 15.0. The lowest BCUT2D eigenvalue weighted by molar-refractivity contribution is -0.142. The van der Waals surface area contributed by atoms with Crippen LogP contribution in [0.2, 0.25) is 0 Å². The summed E-state index contributed by atoms with van der Waals surface area (Å²) in [6, 6.07) is -19.5. The SMILES string of the molecule is CC(C)C[C@H](NC(=O)CN)C(=O)N[C@H](CC(C)C)C(=O)N[C@@H](CC(C)C)C(=O)N[C@@H](CCCN=C(N)N)C(=O)N[C@H](CC(C)C)C(=O)N[C@@H](CC(C)C)C(=O)N[C@H](CCCCN)C(=O)N[C@H](CCCCN)C(=O)N[C@@H](CC(C)C)C(=O)N[C@@H](CC(C)C)C(=O)N[C@@H](CCCN=C(N)N)C(=O)N[C@H](CC(C)C)C(=O)N[C@@H](CC(C)C)C(=O)N[C@@H](CCCCN)C(=O)N[C@@H](CCCCN)C(=O)O. The van der Waals surface area contributed by atoms with Crippen LogP contribution >= 0.6 is 0 Å². The number of nitrogens with zero attached hydrogens (tertiary/aromatic N) is 2. The van der Waals surface area contributed by atoms with Gasteiger partial charge in [0.1, 0.15) is 90.6 Å². The summed E-state index contributed by atoms with van der Waals surface area (Å²) in [6.45, 7) is 33.3. The van der Waals surface area contributed by atoms with Crippen molar-refractivity contribution in [1.82, 2.24) is 79.8 Å². The van der Waals surface area contributed by atoms with Crippen molar-refractivity contribution in [3.63, 3.8) is 0 Å². The van der Waals surface area contributed by atoms with E-state index in [0.29, 0.717) is 57.9 Å². The normalized spacial score (nSPS) is 14.9. The molecule has 0 saturated carbocycles. The lowest BCUT2D eigenvalue weighted by Crippen LogP contribution is -2.61. The third kappa shape index (κ3) is 55.6. The van der Waals surface area contributed by atoms with E-state index in [-0.39, 0.29) is 214 Å². The Labute approximate surface area is 800 Å². The number of aliphatic imine (C=N–C) groups is 2. The quantitative estimate of drug-likeness (QED) is 0.0204. The first kappa shape index (κ1) is 125. The fourth-order valence-electron chi connectivity index (χ4n) is 15.0. The number of nitrogens with one attached hydrogen (secondary N) is 15. The van der Waals surface area contributed by atoms with Crippen LogP contribution < -0.4 is 131 Å². The van der Waals surface area contributed by atoms with E-state index < -0.39 is 185 Å². The second-order valence-corrected chi connectivity index (χ2v) is 39.2. The number of carboxylic acids is 1. The zero-order chi connectivity index (χ0) is 103. The first-order valence-corrected chi connectivity index (χ1v) is 48.7. The first-order chi connectivity index (χ1) is 63.3. The molecule has 0 heterocycles. The second-order valence-electron chi connectivity index (χ2n) is 39.2. The summed E-state index contributed by atoms with van der Waals surface area (Å²) in [6.07, 6.45) is 3.99. The predicted octanol–water partition coefficient (Wildman–Crippen LogP) is -0.660. The van der Waals surface area contributed by atoms with Gasteiger partial charge in [0, 0.05) is 13.1 Å². The van der Waals surface area contributed by atoms with Gasteiger partial charge < -0.3 is 136 Å². The Morgan fingerprint density at radius 3 is 0.496 bits per heavy atom. The van der Waals surface area contributed by atoms with E-state index in [1.165, 1.54) is 0 Å². The third-order valence-electron chi connectivity index (χ3n) is 21.7. The van der Waals surface area contributed by atoms with Gasteiger partial charge in [0.15, 0.2) is 11.9 Å². The number of carboxylic acid groups (broad SMARTS) is 1. The summed E-state index contributed by atoms with van der Waals surface area (Å²) in [4.78, 5) is 238. The fraction of sp³-hybridized carbons (Fsp3) is 0.804. The first-order valence-electron chi connectivity index (χ1n) is 48.7. The number of rotatable bonds is 73. The Hall–Kier alpha value is -10.1. The minimum absolute atomic E-state index is 0.000477. The van der Waals surface area contributed by atoms with Gasteiger partial charge in [-0.1, -0.05) is 125 Å². The fourth-order valence-corrected chi connectivity index (χ4v) is 15.0. The molecular weight excluding hydrogens is 1740 g/mol. The predicted molar refractivity (Wildman–Crippen MR) is 522 cm³/mol. The molecule has 0 saturated heterocycles. The molecule has 34 N–H and O–H groups in total. The highest BCUT2D eigenvalue weighted by Crippen LogP contribution is 2.20. The molecule has 0 unspecified atom stereocenters. The van der Waals surface area contributed by atoms with Gasteiger partial charge in [-0.05, 0) is 240 Å². The van der Waals surface area contributed by atoms with Crippen LogP contribution in [0.25, 0.3) is 0 Å². The molecule has 0 rings (SSSR count). The number of carbonyl (C=O) groups is 16. The van der Waals surface area contributed by atoms with Crippen molar-refractivity contribution >= 4 is 106 Å². The average molecular weight is 1920 g/mol. The lowest BCUT2D eigenvalue weighted by Gasteiger charge is -2.30. The number of hydrogen-bond donors (Lipinski definition) is 25. The van der Waals surface area contributed by atoms with Gasteiger partial charge in [-0.3, -0.25) is 81.9 Å². The number of aliphatic carboxylic acids is 1. The van der Waals surface area contributed by atoms with E-state index in [1.54, 1.807) is 69.2 Å². The van der Waals surface area contributed by atoms with Crippen LogP contribution in [0.3, 0.4) is 0 Å². The van der Waals surface area contributed by atoms with Crippen LogP contribution in [0.4, 0.5) is 0 Å². The Morgan fingerprint density at radius 1 is 0.207 bits per heavy atom. The molecule has 15 amide bonds.